The van der Waals surface area contributed by atoms with Crippen molar-refractivity contribution in [2.45, 2.75) is 39.2 Å². The predicted octanol–water partition coefficient (Wildman–Crippen LogP) is 3.11. The molecule has 1 unspecified atom stereocenters. The molecule has 0 saturated heterocycles. The molecule has 1 aromatic heterocycles. The molecule has 5 nitrogen and oxygen atoms in total. The first-order valence-electron chi connectivity index (χ1n) is 8.79. The van der Waals surface area contributed by atoms with Crippen molar-refractivity contribution >= 4 is 23.2 Å². The van der Waals surface area contributed by atoms with E-state index in [-0.39, 0.29) is 11.8 Å². The minimum absolute atomic E-state index is 0.0446. The average Bonchev–Trinajstić information content (AvgIpc) is 3.11. The molecular formula is C20H26N2O3S. The van der Waals surface area contributed by atoms with Crippen LogP contribution in [-0.2, 0) is 16.0 Å². The Morgan fingerprint density at radius 3 is 2.46 bits per heavy atom. The third-order valence-corrected chi connectivity index (χ3v) is 4.75. The SMILES string of the molecule is CC(Oc1ccccc1C(C)C)C(=O)NCCNC(=O)Cc1cccs1. The molecule has 0 spiro atoms. The van der Waals surface area contributed by atoms with Crippen molar-refractivity contribution in [1.29, 1.82) is 0 Å². The van der Waals surface area contributed by atoms with Crippen LogP contribution in [0.5, 0.6) is 5.75 Å². The van der Waals surface area contributed by atoms with Crippen molar-refractivity contribution in [1.82, 2.24) is 10.6 Å². The van der Waals surface area contributed by atoms with Crippen molar-refractivity contribution in [3.63, 3.8) is 0 Å². The summed E-state index contributed by atoms with van der Waals surface area (Å²) in [6.07, 6.45) is -0.228. The molecule has 0 bridgehead atoms. The smallest absolute Gasteiger partial charge is 0.260 e. The van der Waals surface area contributed by atoms with Crippen LogP contribution in [0.1, 0.15) is 37.1 Å². The van der Waals surface area contributed by atoms with Crippen LogP contribution in [0.15, 0.2) is 41.8 Å². The van der Waals surface area contributed by atoms with Crippen LogP contribution in [0, 0.1) is 0 Å². The van der Waals surface area contributed by atoms with Crippen LogP contribution in [-0.4, -0.2) is 31.0 Å². The lowest BCUT2D eigenvalue weighted by molar-refractivity contribution is -0.127. The lowest BCUT2D eigenvalue weighted by Crippen LogP contribution is -2.41. The van der Waals surface area contributed by atoms with Crippen LogP contribution in [0.3, 0.4) is 0 Å². The van der Waals surface area contributed by atoms with E-state index in [1.807, 2.05) is 41.8 Å². The second-order valence-corrected chi connectivity index (χ2v) is 7.38. The van der Waals surface area contributed by atoms with Gasteiger partial charge in [0, 0.05) is 18.0 Å². The van der Waals surface area contributed by atoms with Gasteiger partial charge in [-0.3, -0.25) is 9.59 Å². The molecule has 6 heteroatoms. The van der Waals surface area contributed by atoms with Crippen LogP contribution in [0.4, 0.5) is 0 Å². The summed E-state index contributed by atoms with van der Waals surface area (Å²) in [5.41, 5.74) is 1.08. The van der Waals surface area contributed by atoms with Crippen molar-refractivity contribution in [3.8, 4) is 5.75 Å². The Labute approximate surface area is 158 Å². The molecule has 0 aliphatic heterocycles. The topological polar surface area (TPSA) is 67.4 Å². The number of ether oxygens (including phenoxy) is 1. The Morgan fingerprint density at radius 2 is 1.77 bits per heavy atom. The highest BCUT2D eigenvalue weighted by atomic mass is 32.1. The number of carbonyl (C=O) groups is 2. The highest BCUT2D eigenvalue weighted by molar-refractivity contribution is 7.10. The van der Waals surface area contributed by atoms with E-state index in [9.17, 15) is 9.59 Å². The largest absolute Gasteiger partial charge is 0.481 e. The normalized spacial score (nSPS) is 11.8. The zero-order valence-electron chi connectivity index (χ0n) is 15.5. The van der Waals surface area contributed by atoms with Gasteiger partial charge in [0.25, 0.3) is 5.91 Å². The lowest BCUT2D eigenvalue weighted by Gasteiger charge is -2.18. The van der Waals surface area contributed by atoms with Crippen LogP contribution >= 0.6 is 11.3 Å². The first-order chi connectivity index (χ1) is 12.5. The third-order valence-electron chi connectivity index (χ3n) is 3.88. The van der Waals surface area contributed by atoms with Crippen LogP contribution in [0.25, 0.3) is 0 Å². The molecule has 1 aromatic carbocycles. The zero-order chi connectivity index (χ0) is 18.9. The van der Waals surface area contributed by atoms with Gasteiger partial charge in [-0.15, -0.1) is 11.3 Å². The molecule has 140 valence electrons. The van der Waals surface area contributed by atoms with E-state index in [1.165, 1.54) is 0 Å². The maximum atomic E-state index is 12.2. The summed E-state index contributed by atoms with van der Waals surface area (Å²) in [5, 5.41) is 7.54. The summed E-state index contributed by atoms with van der Waals surface area (Å²) in [6, 6.07) is 11.6. The number of rotatable bonds is 9. The first-order valence-corrected chi connectivity index (χ1v) is 9.67. The summed E-state index contributed by atoms with van der Waals surface area (Å²) >= 11 is 1.56. The number of carbonyl (C=O) groups excluding carboxylic acids is 2. The minimum Gasteiger partial charge on any atom is -0.481 e. The molecule has 0 aliphatic carbocycles. The monoisotopic (exact) mass is 374 g/mol. The van der Waals surface area contributed by atoms with E-state index < -0.39 is 6.10 Å². The molecular weight excluding hydrogens is 348 g/mol. The predicted molar refractivity (Wildman–Crippen MR) is 105 cm³/mol. The maximum Gasteiger partial charge on any atom is 0.260 e. The fourth-order valence-corrected chi connectivity index (χ4v) is 3.18. The van der Waals surface area contributed by atoms with Crippen molar-refractivity contribution in [2.75, 3.05) is 13.1 Å². The molecule has 0 radical (unpaired) electrons. The third kappa shape index (κ3) is 6.19. The van der Waals surface area contributed by atoms with E-state index in [2.05, 4.69) is 24.5 Å². The van der Waals surface area contributed by atoms with Gasteiger partial charge in [0.05, 0.1) is 6.42 Å². The average molecular weight is 375 g/mol. The van der Waals surface area contributed by atoms with Gasteiger partial charge in [0.2, 0.25) is 5.91 Å². The number of hydrogen-bond acceptors (Lipinski definition) is 4. The van der Waals surface area contributed by atoms with Gasteiger partial charge in [-0.2, -0.15) is 0 Å². The first kappa shape index (κ1) is 20.0. The highest BCUT2D eigenvalue weighted by Gasteiger charge is 2.16. The molecule has 0 saturated carbocycles. The minimum atomic E-state index is -0.600. The van der Waals surface area contributed by atoms with Crippen LogP contribution < -0.4 is 15.4 Å². The number of nitrogens with one attached hydrogen (secondary N) is 2. The van der Waals surface area contributed by atoms with Gasteiger partial charge in [-0.25, -0.2) is 0 Å². The summed E-state index contributed by atoms with van der Waals surface area (Å²) in [5.74, 6) is 0.808. The Kier molecular flexibility index (Phi) is 7.66. The van der Waals surface area contributed by atoms with Crippen LogP contribution in [0.2, 0.25) is 0 Å². The molecule has 2 aromatic rings. The Morgan fingerprint density at radius 1 is 1.04 bits per heavy atom. The molecule has 2 amide bonds. The van der Waals surface area contributed by atoms with E-state index in [0.29, 0.717) is 25.4 Å². The molecule has 26 heavy (non-hydrogen) atoms. The fourth-order valence-electron chi connectivity index (χ4n) is 2.47. The fraction of sp³-hybridized carbons (Fsp3) is 0.400. The summed E-state index contributed by atoms with van der Waals surface area (Å²) in [4.78, 5) is 25.0. The van der Waals surface area contributed by atoms with Crippen molar-refractivity contribution in [3.05, 3.63) is 52.2 Å². The number of para-hydroxylation sites is 1. The summed E-state index contributed by atoms with van der Waals surface area (Å²) in [6.45, 7) is 6.67. The quantitative estimate of drug-likeness (QED) is 0.663. The second-order valence-electron chi connectivity index (χ2n) is 6.35. The molecule has 2 N–H and O–H groups in total. The van der Waals surface area contributed by atoms with Gasteiger partial charge in [-0.1, -0.05) is 38.1 Å². The molecule has 1 heterocycles. The Bertz CT molecular complexity index is 714. The van der Waals surface area contributed by atoms with Crippen molar-refractivity contribution < 1.29 is 14.3 Å². The second kappa shape index (κ2) is 9.97. The standard InChI is InChI=1S/C20H26N2O3S/c1-14(2)17-8-4-5-9-18(17)25-15(3)20(24)22-11-10-21-19(23)13-16-7-6-12-26-16/h4-9,12,14-15H,10-11,13H2,1-3H3,(H,21,23)(H,22,24). The Balaban J connectivity index is 1.71. The van der Waals surface area contributed by atoms with Crippen molar-refractivity contribution in [2.24, 2.45) is 0 Å². The van der Waals surface area contributed by atoms with Gasteiger partial charge < -0.3 is 15.4 Å². The molecule has 2 rings (SSSR count). The van der Waals surface area contributed by atoms with E-state index in [4.69, 9.17) is 4.74 Å². The number of amides is 2. The number of hydrogen-bond donors (Lipinski definition) is 2. The molecule has 0 aliphatic rings. The Hall–Kier alpha value is -2.34. The van der Waals surface area contributed by atoms with Gasteiger partial charge >= 0.3 is 0 Å². The summed E-state index contributed by atoms with van der Waals surface area (Å²) in [7, 11) is 0. The lowest BCUT2D eigenvalue weighted by atomic mass is 10.0. The number of benzene rings is 1. The van der Waals surface area contributed by atoms with E-state index >= 15 is 0 Å². The molecule has 1 atom stereocenters. The molecule has 0 fully saturated rings. The van der Waals surface area contributed by atoms with Gasteiger partial charge in [-0.05, 0) is 35.9 Å². The number of thiophene rings is 1. The maximum absolute atomic E-state index is 12.2. The zero-order valence-corrected chi connectivity index (χ0v) is 16.3. The van der Waals surface area contributed by atoms with Gasteiger partial charge in [0.1, 0.15) is 5.75 Å². The summed E-state index contributed by atoms with van der Waals surface area (Å²) < 4.78 is 5.82. The highest BCUT2D eigenvalue weighted by Crippen LogP contribution is 2.26. The van der Waals surface area contributed by atoms with E-state index in [1.54, 1.807) is 18.3 Å². The van der Waals surface area contributed by atoms with Gasteiger partial charge in [0.15, 0.2) is 6.10 Å². The van der Waals surface area contributed by atoms with E-state index in [0.717, 1.165) is 16.2 Å².